The first kappa shape index (κ1) is 15.7. The lowest BCUT2D eigenvalue weighted by atomic mass is 10.0. The van der Waals surface area contributed by atoms with E-state index in [0.717, 1.165) is 30.6 Å². The van der Waals surface area contributed by atoms with Gasteiger partial charge in [-0.3, -0.25) is 4.68 Å². The molecule has 0 aliphatic heterocycles. The SMILES string of the molecule is CCNC(Cc1cccc(F)c1)Cc1ccn(C(C)C)n1. The number of nitrogens with zero attached hydrogens (tertiary/aromatic N) is 2. The van der Waals surface area contributed by atoms with Gasteiger partial charge in [-0.25, -0.2) is 4.39 Å². The summed E-state index contributed by atoms with van der Waals surface area (Å²) >= 11 is 0. The number of halogens is 1. The number of hydrogen-bond acceptors (Lipinski definition) is 2. The summed E-state index contributed by atoms with van der Waals surface area (Å²) in [6.45, 7) is 7.22. The van der Waals surface area contributed by atoms with Gasteiger partial charge in [-0.2, -0.15) is 5.10 Å². The smallest absolute Gasteiger partial charge is 0.123 e. The lowest BCUT2D eigenvalue weighted by Crippen LogP contribution is -2.33. The third kappa shape index (κ3) is 4.67. The second kappa shape index (κ2) is 7.36. The Bertz CT molecular complexity index is 563. The van der Waals surface area contributed by atoms with Crippen molar-refractivity contribution in [1.82, 2.24) is 15.1 Å². The average Bonchev–Trinajstić information content (AvgIpc) is 2.88. The van der Waals surface area contributed by atoms with Crippen molar-refractivity contribution in [2.24, 2.45) is 0 Å². The molecule has 21 heavy (non-hydrogen) atoms. The first-order valence-electron chi connectivity index (χ1n) is 7.60. The van der Waals surface area contributed by atoms with E-state index in [1.165, 1.54) is 6.07 Å². The van der Waals surface area contributed by atoms with Crippen LogP contribution in [0.25, 0.3) is 0 Å². The van der Waals surface area contributed by atoms with E-state index in [4.69, 9.17) is 0 Å². The van der Waals surface area contributed by atoms with E-state index in [-0.39, 0.29) is 11.9 Å². The summed E-state index contributed by atoms with van der Waals surface area (Å²) in [6.07, 6.45) is 3.68. The number of nitrogens with one attached hydrogen (secondary N) is 1. The minimum atomic E-state index is -0.174. The molecular formula is C17H24FN3. The van der Waals surface area contributed by atoms with Gasteiger partial charge >= 0.3 is 0 Å². The molecule has 1 aromatic heterocycles. The van der Waals surface area contributed by atoms with E-state index < -0.39 is 0 Å². The Morgan fingerprint density at radius 3 is 2.67 bits per heavy atom. The van der Waals surface area contributed by atoms with Gasteiger partial charge in [0.2, 0.25) is 0 Å². The van der Waals surface area contributed by atoms with Crippen LogP contribution in [0.4, 0.5) is 4.39 Å². The highest BCUT2D eigenvalue weighted by atomic mass is 19.1. The molecule has 0 saturated heterocycles. The number of rotatable bonds is 7. The van der Waals surface area contributed by atoms with Crippen molar-refractivity contribution in [3.8, 4) is 0 Å². The molecule has 1 heterocycles. The second-order valence-corrected chi connectivity index (χ2v) is 5.67. The molecule has 3 nitrogen and oxygen atoms in total. The normalized spacial score (nSPS) is 12.8. The van der Waals surface area contributed by atoms with Gasteiger partial charge in [-0.1, -0.05) is 19.1 Å². The highest BCUT2D eigenvalue weighted by Gasteiger charge is 2.12. The van der Waals surface area contributed by atoms with E-state index in [2.05, 4.69) is 37.3 Å². The third-order valence-corrected chi connectivity index (χ3v) is 3.51. The molecule has 0 radical (unpaired) electrons. The molecule has 0 spiro atoms. The molecule has 1 unspecified atom stereocenters. The van der Waals surface area contributed by atoms with Crippen molar-refractivity contribution in [1.29, 1.82) is 0 Å². The molecular weight excluding hydrogens is 265 g/mol. The number of benzene rings is 1. The van der Waals surface area contributed by atoms with Crippen molar-refractivity contribution >= 4 is 0 Å². The number of hydrogen-bond donors (Lipinski definition) is 1. The van der Waals surface area contributed by atoms with E-state index in [1.54, 1.807) is 12.1 Å². The van der Waals surface area contributed by atoms with Crippen molar-refractivity contribution in [3.05, 3.63) is 53.6 Å². The van der Waals surface area contributed by atoms with Crippen LogP contribution in [0.2, 0.25) is 0 Å². The Kier molecular flexibility index (Phi) is 5.51. The van der Waals surface area contributed by atoms with Gasteiger partial charge in [0.1, 0.15) is 5.82 Å². The third-order valence-electron chi connectivity index (χ3n) is 3.51. The van der Waals surface area contributed by atoms with Crippen LogP contribution < -0.4 is 5.32 Å². The second-order valence-electron chi connectivity index (χ2n) is 5.67. The Balaban J connectivity index is 2.04. The predicted molar refractivity (Wildman–Crippen MR) is 83.9 cm³/mol. The topological polar surface area (TPSA) is 29.9 Å². The summed E-state index contributed by atoms with van der Waals surface area (Å²) in [4.78, 5) is 0. The molecule has 0 fully saturated rings. The van der Waals surface area contributed by atoms with Crippen LogP contribution in [0.5, 0.6) is 0 Å². The van der Waals surface area contributed by atoms with Gasteiger partial charge in [-0.05, 0) is 50.6 Å². The summed E-state index contributed by atoms with van der Waals surface area (Å²) in [7, 11) is 0. The molecule has 0 bridgehead atoms. The highest BCUT2D eigenvalue weighted by molar-refractivity contribution is 5.18. The first-order valence-corrected chi connectivity index (χ1v) is 7.60. The highest BCUT2D eigenvalue weighted by Crippen LogP contribution is 2.11. The molecule has 4 heteroatoms. The van der Waals surface area contributed by atoms with E-state index in [9.17, 15) is 4.39 Å². The van der Waals surface area contributed by atoms with E-state index in [0.29, 0.717) is 6.04 Å². The van der Waals surface area contributed by atoms with Gasteiger partial charge in [0.05, 0.1) is 5.69 Å². The van der Waals surface area contributed by atoms with Crippen LogP contribution in [0.1, 0.15) is 38.1 Å². The number of likely N-dealkylation sites (N-methyl/N-ethyl adjacent to an activating group) is 1. The Morgan fingerprint density at radius 2 is 2.05 bits per heavy atom. The first-order chi connectivity index (χ1) is 10.1. The maximum Gasteiger partial charge on any atom is 0.123 e. The quantitative estimate of drug-likeness (QED) is 0.847. The molecule has 1 atom stereocenters. The van der Waals surface area contributed by atoms with Crippen molar-refractivity contribution < 1.29 is 4.39 Å². The molecule has 114 valence electrons. The number of aromatic nitrogens is 2. The lowest BCUT2D eigenvalue weighted by molar-refractivity contribution is 0.494. The summed E-state index contributed by atoms with van der Waals surface area (Å²) in [5, 5.41) is 8.06. The van der Waals surface area contributed by atoms with Crippen LogP contribution in [-0.2, 0) is 12.8 Å². The zero-order valence-electron chi connectivity index (χ0n) is 13.0. The van der Waals surface area contributed by atoms with E-state index >= 15 is 0 Å². The van der Waals surface area contributed by atoms with Crippen molar-refractivity contribution in [3.63, 3.8) is 0 Å². The average molecular weight is 289 g/mol. The van der Waals surface area contributed by atoms with Crippen LogP contribution in [0.15, 0.2) is 36.5 Å². The van der Waals surface area contributed by atoms with Crippen LogP contribution in [-0.4, -0.2) is 22.4 Å². The predicted octanol–water partition coefficient (Wildman–Crippen LogP) is 3.37. The maximum absolute atomic E-state index is 13.3. The zero-order valence-corrected chi connectivity index (χ0v) is 13.0. The van der Waals surface area contributed by atoms with Gasteiger partial charge in [0.25, 0.3) is 0 Å². The molecule has 0 saturated carbocycles. The molecule has 1 N–H and O–H groups in total. The fraction of sp³-hybridized carbons (Fsp3) is 0.471. The van der Waals surface area contributed by atoms with Crippen molar-refractivity contribution in [2.45, 2.75) is 45.7 Å². The standard InChI is InChI=1S/C17H24FN3/c1-4-19-17(11-14-6-5-7-15(18)10-14)12-16-8-9-21(20-16)13(2)3/h5-10,13,17,19H,4,11-12H2,1-3H3. The monoisotopic (exact) mass is 289 g/mol. The van der Waals surface area contributed by atoms with Crippen LogP contribution >= 0.6 is 0 Å². The lowest BCUT2D eigenvalue weighted by Gasteiger charge is -2.17. The molecule has 2 rings (SSSR count). The molecule has 0 aliphatic rings. The fourth-order valence-electron chi connectivity index (χ4n) is 2.48. The molecule has 2 aromatic rings. The molecule has 1 aromatic carbocycles. The Hall–Kier alpha value is -1.68. The summed E-state index contributed by atoms with van der Waals surface area (Å²) in [5.41, 5.74) is 2.09. The maximum atomic E-state index is 13.3. The summed E-state index contributed by atoms with van der Waals surface area (Å²) in [6, 6.07) is 9.54. The molecule has 0 aliphatic carbocycles. The van der Waals surface area contributed by atoms with E-state index in [1.807, 2.05) is 16.9 Å². The summed E-state index contributed by atoms with van der Waals surface area (Å²) < 4.78 is 15.3. The largest absolute Gasteiger partial charge is 0.314 e. The fourth-order valence-corrected chi connectivity index (χ4v) is 2.48. The van der Waals surface area contributed by atoms with Crippen LogP contribution in [0.3, 0.4) is 0 Å². The van der Waals surface area contributed by atoms with Gasteiger partial charge < -0.3 is 5.32 Å². The Morgan fingerprint density at radius 1 is 1.24 bits per heavy atom. The van der Waals surface area contributed by atoms with Crippen molar-refractivity contribution in [2.75, 3.05) is 6.54 Å². The Labute approximate surface area is 126 Å². The zero-order chi connectivity index (χ0) is 15.2. The molecule has 0 amide bonds. The van der Waals surface area contributed by atoms with Gasteiger partial charge in [-0.15, -0.1) is 0 Å². The van der Waals surface area contributed by atoms with Crippen LogP contribution in [0, 0.1) is 5.82 Å². The van der Waals surface area contributed by atoms with Gasteiger partial charge in [0.15, 0.2) is 0 Å². The minimum Gasteiger partial charge on any atom is -0.314 e. The minimum absolute atomic E-state index is 0.174. The summed E-state index contributed by atoms with van der Waals surface area (Å²) in [5.74, 6) is -0.174. The van der Waals surface area contributed by atoms with Gasteiger partial charge in [0, 0.05) is 24.7 Å².